The number of phenols is 1. The number of benzene rings is 2. The zero-order chi connectivity index (χ0) is 41.7. The highest BCUT2D eigenvalue weighted by atomic mass is 19.1. The Hall–Kier alpha value is -4.18. The Morgan fingerprint density at radius 2 is 0.964 bits per heavy atom. The third-order valence-electron chi connectivity index (χ3n) is 10.7. The van der Waals surface area contributed by atoms with E-state index in [1.54, 1.807) is 0 Å². The van der Waals surface area contributed by atoms with Crippen LogP contribution in [0.2, 0.25) is 0 Å². The van der Waals surface area contributed by atoms with Gasteiger partial charge < -0.3 is 44.1 Å². The highest BCUT2D eigenvalue weighted by Crippen LogP contribution is 2.36. The maximum atomic E-state index is 14.4. The lowest BCUT2D eigenvalue weighted by atomic mass is 9.82. The van der Waals surface area contributed by atoms with Gasteiger partial charge in [-0.15, -0.1) is 0 Å². The third kappa shape index (κ3) is 11.9. The van der Waals surface area contributed by atoms with E-state index >= 15 is 0 Å². The van der Waals surface area contributed by atoms with Crippen molar-refractivity contribution in [3.8, 4) is 5.75 Å². The Balaban J connectivity index is 0.000000300. The van der Waals surface area contributed by atoms with Crippen LogP contribution in [0.4, 0.5) is 20.2 Å². The molecule has 2 aromatic carbocycles. The van der Waals surface area contributed by atoms with Crippen LogP contribution in [0.1, 0.15) is 91.5 Å². The number of phenolic OH excluding ortho intramolecular Hbond substituents is 1. The summed E-state index contributed by atoms with van der Waals surface area (Å²) in [7, 11) is 5.93. The number of anilines is 2. The fourth-order valence-corrected chi connectivity index (χ4v) is 7.53. The molecule has 3 N–H and O–H groups in total. The molecule has 0 aliphatic heterocycles. The van der Waals surface area contributed by atoms with Crippen molar-refractivity contribution in [2.75, 3.05) is 64.7 Å². The molecule has 0 bridgehead atoms. The molecule has 0 atom stereocenters. The van der Waals surface area contributed by atoms with Gasteiger partial charge in [0.2, 0.25) is 11.8 Å². The largest absolute Gasteiger partial charge is 0.505 e. The summed E-state index contributed by atoms with van der Waals surface area (Å²) in [6, 6.07) is 2.94. The number of aromatic hydroxyl groups is 1. The number of hydrogen-bond donors (Lipinski definition) is 3. The molecule has 0 heterocycles. The van der Waals surface area contributed by atoms with Gasteiger partial charge in [0.15, 0.2) is 11.6 Å². The fourth-order valence-electron chi connectivity index (χ4n) is 7.53. The SMILES string of the molecule is COCC(COC)N(C(=O)C1CCC(C)CC1)c1cc(F)c(C)cc1C(=O)O.COCC(COC)N(C(=O)C1CCC(C)CC1)c1cc(F)c(O)cc1C(=O)O. The van der Waals surface area contributed by atoms with Crippen LogP contribution in [0.5, 0.6) is 5.75 Å². The minimum Gasteiger partial charge on any atom is -0.505 e. The maximum absolute atomic E-state index is 14.4. The second kappa shape index (κ2) is 21.9. The Labute approximate surface area is 327 Å². The van der Waals surface area contributed by atoms with Gasteiger partial charge in [0.25, 0.3) is 0 Å². The standard InChI is InChI=1S/C21H30FNO5.C20H28FNO6/c1-13-5-7-15(8-6-13)20(24)23(16(11-27-3)12-28-4)19-10-18(22)14(2)9-17(19)21(25)26;1-12-4-6-13(7-5-12)19(24)22(14(10-27-2)11-28-3)17-9-16(21)18(23)8-15(17)20(25)26/h9-10,13,15-16H,5-8,11-12H2,1-4H3,(H,25,26);8-9,12-14,23H,4-7,10-11H2,1-3H3,(H,25,26). The second-order valence-electron chi connectivity index (χ2n) is 15.0. The Kier molecular flexibility index (Phi) is 18.1. The van der Waals surface area contributed by atoms with E-state index in [0.29, 0.717) is 24.7 Å². The third-order valence-corrected chi connectivity index (χ3v) is 10.7. The van der Waals surface area contributed by atoms with Crippen LogP contribution in [0.3, 0.4) is 0 Å². The average Bonchev–Trinajstić information content (AvgIpc) is 3.15. The molecule has 2 fully saturated rings. The van der Waals surface area contributed by atoms with Gasteiger partial charge in [-0.05, 0) is 93.9 Å². The minimum absolute atomic E-state index is 0.0540. The first-order valence-electron chi connectivity index (χ1n) is 19.0. The van der Waals surface area contributed by atoms with E-state index in [1.165, 1.54) is 51.2 Å². The number of rotatable bonds is 16. The zero-order valence-corrected chi connectivity index (χ0v) is 33.5. The first-order chi connectivity index (χ1) is 26.6. The van der Waals surface area contributed by atoms with Crippen LogP contribution in [0.15, 0.2) is 24.3 Å². The van der Waals surface area contributed by atoms with Gasteiger partial charge in [0, 0.05) is 46.3 Å². The quantitative estimate of drug-likeness (QED) is 0.165. The zero-order valence-electron chi connectivity index (χ0n) is 33.5. The smallest absolute Gasteiger partial charge is 0.337 e. The molecule has 2 saturated carbocycles. The van der Waals surface area contributed by atoms with Gasteiger partial charge in [-0.1, -0.05) is 13.8 Å². The van der Waals surface area contributed by atoms with Crippen molar-refractivity contribution in [1.82, 2.24) is 0 Å². The first-order valence-corrected chi connectivity index (χ1v) is 19.0. The normalized spacial score (nSPS) is 19.6. The number of carboxylic acid groups (broad SMARTS) is 2. The molecule has 15 heteroatoms. The summed E-state index contributed by atoms with van der Waals surface area (Å²) in [6.45, 7) is 6.27. The number of ether oxygens (including phenoxy) is 4. The van der Waals surface area contributed by atoms with Crippen LogP contribution in [-0.2, 0) is 28.5 Å². The molecule has 0 saturated heterocycles. The lowest BCUT2D eigenvalue weighted by molar-refractivity contribution is -0.125. The van der Waals surface area contributed by atoms with Crippen molar-refractivity contribution < 1.29 is 62.2 Å². The van der Waals surface area contributed by atoms with Crippen molar-refractivity contribution >= 4 is 35.1 Å². The van der Waals surface area contributed by atoms with Gasteiger partial charge in [0.05, 0.1) is 61.0 Å². The Bertz CT molecular complexity index is 1510. The average molecular weight is 793 g/mol. The summed E-state index contributed by atoms with van der Waals surface area (Å²) in [6.07, 6.45) is 6.53. The molecule has 2 aliphatic carbocycles. The van der Waals surface area contributed by atoms with Gasteiger partial charge >= 0.3 is 11.9 Å². The lowest BCUT2D eigenvalue weighted by Crippen LogP contribution is -2.49. The highest BCUT2D eigenvalue weighted by molar-refractivity contribution is 6.04. The molecule has 0 unspecified atom stereocenters. The fraction of sp³-hybridized carbons (Fsp3) is 0.610. The molecule has 56 heavy (non-hydrogen) atoms. The summed E-state index contributed by atoms with van der Waals surface area (Å²) in [5.41, 5.74) is -0.291. The minimum atomic E-state index is -1.37. The second-order valence-corrected chi connectivity index (χ2v) is 15.0. The summed E-state index contributed by atoms with van der Waals surface area (Å²) in [4.78, 5) is 53.1. The Morgan fingerprint density at radius 3 is 1.30 bits per heavy atom. The van der Waals surface area contributed by atoms with E-state index in [9.17, 15) is 43.3 Å². The number of carbonyl (C=O) groups is 4. The van der Waals surface area contributed by atoms with E-state index in [-0.39, 0.29) is 78.1 Å². The van der Waals surface area contributed by atoms with Crippen LogP contribution >= 0.6 is 0 Å². The molecule has 312 valence electrons. The predicted molar refractivity (Wildman–Crippen MR) is 205 cm³/mol. The van der Waals surface area contributed by atoms with E-state index in [0.717, 1.165) is 56.7 Å². The summed E-state index contributed by atoms with van der Waals surface area (Å²) in [5.74, 6) is -4.79. The van der Waals surface area contributed by atoms with Crippen molar-refractivity contribution in [1.29, 1.82) is 0 Å². The summed E-state index contributed by atoms with van der Waals surface area (Å²) in [5, 5.41) is 28.9. The number of carbonyl (C=O) groups excluding carboxylic acids is 2. The van der Waals surface area contributed by atoms with Gasteiger partial charge in [-0.25, -0.2) is 18.4 Å². The monoisotopic (exact) mass is 792 g/mol. The molecule has 0 radical (unpaired) electrons. The highest BCUT2D eigenvalue weighted by Gasteiger charge is 2.37. The van der Waals surface area contributed by atoms with Gasteiger partial charge in [-0.2, -0.15) is 0 Å². The Morgan fingerprint density at radius 1 is 0.625 bits per heavy atom. The number of halogens is 2. The van der Waals surface area contributed by atoms with E-state index in [1.807, 2.05) is 0 Å². The lowest BCUT2D eigenvalue weighted by Gasteiger charge is -2.36. The summed E-state index contributed by atoms with van der Waals surface area (Å²) < 4.78 is 49.4. The summed E-state index contributed by atoms with van der Waals surface area (Å²) >= 11 is 0. The van der Waals surface area contributed by atoms with Crippen LogP contribution in [0, 0.1) is 42.2 Å². The molecule has 0 spiro atoms. The van der Waals surface area contributed by atoms with Gasteiger partial charge in [0.1, 0.15) is 5.82 Å². The molecule has 13 nitrogen and oxygen atoms in total. The molecule has 4 rings (SSSR count). The molecular formula is C41H58F2N2O11. The topological polar surface area (TPSA) is 172 Å². The number of methoxy groups -OCH3 is 4. The number of amides is 2. The molecule has 2 aromatic rings. The molecule has 2 amide bonds. The van der Waals surface area contributed by atoms with Crippen molar-refractivity contribution in [2.24, 2.45) is 23.7 Å². The number of aromatic carboxylic acids is 2. The van der Waals surface area contributed by atoms with E-state index in [4.69, 9.17) is 18.9 Å². The van der Waals surface area contributed by atoms with Crippen molar-refractivity contribution in [3.05, 3.63) is 52.6 Å². The first kappa shape index (κ1) is 46.2. The van der Waals surface area contributed by atoms with Crippen LogP contribution < -0.4 is 9.80 Å². The predicted octanol–water partition coefficient (Wildman–Crippen LogP) is 6.70. The van der Waals surface area contributed by atoms with E-state index < -0.39 is 41.4 Å². The van der Waals surface area contributed by atoms with Crippen molar-refractivity contribution in [3.63, 3.8) is 0 Å². The number of carboxylic acids is 2. The molecule has 2 aliphatic rings. The van der Waals surface area contributed by atoms with Crippen molar-refractivity contribution in [2.45, 2.75) is 84.2 Å². The number of hydrogen-bond acceptors (Lipinski definition) is 9. The number of aryl methyl sites for hydroxylation is 1. The number of nitrogens with zero attached hydrogens (tertiary/aromatic N) is 2. The maximum Gasteiger partial charge on any atom is 0.337 e. The van der Waals surface area contributed by atoms with E-state index in [2.05, 4.69) is 13.8 Å². The van der Waals surface area contributed by atoms with Crippen LogP contribution in [-0.4, -0.2) is 106 Å². The molecule has 0 aromatic heterocycles. The molecular weight excluding hydrogens is 734 g/mol. The van der Waals surface area contributed by atoms with Gasteiger partial charge in [-0.3, -0.25) is 9.59 Å². The van der Waals surface area contributed by atoms with Crippen LogP contribution in [0.25, 0.3) is 0 Å².